The molecule has 1 aromatic heterocycles. The molecular formula is C19H19NO. The van der Waals surface area contributed by atoms with Crippen LogP contribution in [0.2, 0.25) is 0 Å². The van der Waals surface area contributed by atoms with Gasteiger partial charge in [0.15, 0.2) is 0 Å². The number of hydrogen-bond acceptors (Lipinski definition) is 2. The van der Waals surface area contributed by atoms with Crippen LogP contribution >= 0.6 is 0 Å². The number of hydrogen-bond donors (Lipinski definition) is 0. The maximum atomic E-state index is 5.46. The van der Waals surface area contributed by atoms with Gasteiger partial charge in [0.1, 0.15) is 11.3 Å². The quantitative estimate of drug-likeness (QED) is 0.669. The van der Waals surface area contributed by atoms with E-state index in [0.29, 0.717) is 5.92 Å². The Morgan fingerprint density at radius 3 is 2.38 bits per heavy atom. The van der Waals surface area contributed by atoms with E-state index in [1.807, 2.05) is 30.3 Å². The molecule has 1 heterocycles. The van der Waals surface area contributed by atoms with Crippen molar-refractivity contribution in [1.29, 1.82) is 0 Å². The van der Waals surface area contributed by atoms with Crippen molar-refractivity contribution < 1.29 is 4.74 Å². The standard InChI is InChI=1S/C19H19NO/c1-13(2)16-12-15-10-7-11-17(21-3)19(15)20-18(16)14-8-5-4-6-9-14/h4-13H,1-3H3. The first-order valence-electron chi connectivity index (χ1n) is 7.24. The molecule has 0 aliphatic carbocycles. The van der Waals surface area contributed by atoms with Crippen LogP contribution < -0.4 is 4.74 Å². The number of pyridine rings is 1. The highest BCUT2D eigenvalue weighted by atomic mass is 16.5. The Balaban J connectivity index is 2.33. The van der Waals surface area contributed by atoms with Gasteiger partial charge in [0.2, 0.25) is 0 Å². The normalized spacial score (nSPS) is 11.0. The minimum atomic E-state index is 0.420. The highest BCUT2D eigenvalue weighted by molar-refractivity contribution is 5.88. The van der Waals surface area contributed by atoms with Crippen molar-refractivity contribution in [3.05, 3.63) is 60.2 Å². The number of benzene rings is 2. The summed E-state index contributed by atoms with van der Waals surface area (Å²) in [5.41, 5.74) is 4.38. The summed E-state index contributed by atoms with van der Waals surface area (Å²) < 4.78 is 5.46. The van der Waals surface area contributed by atoms with E-state index in [2.05, 4.69) is 38.1 Å². The SMILES string of the molecule is COc1cccc2cc(C(C)C)c(-c3ccccc3)nc12. The predicted octanol–water partition coefficient (Wildman–Crippen LogP) is 5.03. The highest BCUT2D eigenvalue weighted by Crippen LogP contribution is 2.33. The average molecular weight is 277 g/mol. The number of rotatable bonds is 3. The summed E-state index contributed by atoms with van der Waals surface area (Å²) >= 11 is 0. The molecule has 3 aromatic rings. The molecule has 2 heteroatoms. The molecular weight excluding hydrogens is 258 g/mol. The Kier molecular flexibility index (Phi) is 3.61. The van der Waals surface area contributed by atoms with Gasteiger partial charge < -0.3 is 4.74 Å². The van der Waals surface area contributed by atoms with Crippen molar-refractivity contribution in [2.45, 2.75) is 19.8 Å². The summed E-state index contributed by atoms with van der Waals surface area (Å²) in [6, 6.07) is 18.6. The third-order valence-electron chi connectivity index (χ3n) is 3.73. The molecule has 0 N–H and O–H groups in total. The topological polar surface area (TPSA) is 22.1 Å². The van der Waals surface area contributed by atoms with E-state index >= 15 is 0 Å². The first-order chi connectivity index (χ1) is 10.2. The second-order valence-corrected chi connectivity index (χ2v) is 5.48. The van der Waals surface area contributed by atoms with Gasteiger partial charge in [0, 0.05) is 10.9 Å². The van der Waals surface area contributed by atoms with Gasteiger partial charge in [-0.05, 0) is 23.6 Å². The molecule has 0 atom stereocenters. The summed E-state index contributed by atoms with van der Waals surface area (Å²) in [4.78, 5) is 4.91. The first-order valence-corrected chi connectivity index (χ1v) is 7.24. The van der Waals surface area contributed by atoms with Crippen LogP contribution in [0.5, 0.6) is 5.75 Å². The first kappa shape index (κ1) is 13.6. The Labute approximate surface area is 125 Å². The zero-order valence-electron chi connectivity index (χ0n) is 12.6. The van der Waals surface area contributed by atoms with Gasteiger partial charge in [-0.3, -0.25) is 0 Å². The second kappa shape index (κ2) is 5.57. The third kappa shape index (κ3) is 2.49. The number of ether oxygens (including phenoxy) is 1. The van der Waals surface area contributed by atoms with E-state index in [-0.39, 0.29) is 0 Å². The molecule has 0 radical (unpaired) electrons. The van der Waals surface area contributed by atoms with Crippen molar-refractivity contribution in [2.24, 2.45) is 0 Å². The summed E-state index contributed by atoms with van der Waals surface area (Å²) in [5.74, 6) is 1.24. The lowest BCUT2D eigenvalue weighted by Crippen LogP contribution is -1.98. The molecule has 0 aliphatic rings. The maximum absolute atomic E-state index is 5.46. The number of aromatic nitrogens is 1. The predicted molar refractivity (Wildman–Crippen MR) is 87.8 cm³/mol. The van der Waals surface area contributed by atoms with Crippen LogP contribution in [-0.2, 0) is 0 Å². The molecule has 21 heavy (non-hydrogen) atoms. The van der Waals surface area contributed by atoms with Crippen molar-refractivity contribution in [2.75, 3.05) is 7.11 Å². The lowest BCUT2D eigenvalue weighted by atomic mass is 9.95. The van der Waals surface area contributed by atoms with Gasteiger partial charge in [0.25, 0.3) is 0 Å². The zero-order chi connectivity index (χ0) is 14.8. The van der Waals surface area contributed by atoms with Crippen LogP contribution in [0.1, 0.15) is 25.3 Å². The monoisotopic (exact) mass is 277 g/mol. The molecule has 0 saturated carbocycles. The Morgan fingerprint density at radius 2 is 1.71 bits per heavy atom. The minimum Gasteiger partial charge on any atom is -0.494 e. The van der Waals surface area contributed by atoms with E-state index in [9.17, 15) is 0 Å². The summed E-state index contributed by atoms with van der Waals surface area (Å²) in [7, 11) is 1.69. The summed E-state index contributed by atoms with van der Waals surface area (Å²) in [6.07, 6.45) is 0. The molecule has 0 unspecified atom stereocenters. The van der Waals surface area contributed by atoms with E-state index in [1.54, 1.807) is 7.11 Å². The van der Waals surface area contributed by atoms with E-state index in [4.69, 9.17) is 9.72 Å². The molecule has 0 bridgehead atoms. The molecule has 2 aromatic carbocycles. The van der Waals surface area contributed by atoms with Gasteiger partial charge in [0.05, 0.1) is 12.8 Å². The van der Waals surface area contributed by atoms with Crippen molar-refractivity contribution in [3.8, 4) is 17.0 Å². The molecule has 0 amide bonds. The molecule has 3 rings (SSSR count). The molecule has 0 fully saturated rings. The molecule has 0 aliphatic heterocycles. The summed E-state index contributed by atoms with van der Waals surface area (Å²) in [6.45, 7) is 4.41. The zero-order valence-corrected chi connectivity index (χ0v) is 12.6. The molecule has 106 valence electrons. The number of methoxy groups -OCH3 is 1. The Morgan fingerprint density at radius 1 is 0.952 bits per heavy atom. The smallest absolute Gasteiger partial charge is 0.145 e. The van der Waals surface area contributed by atoms with Crippen LogP contribution in [0.25, 0.3) is 22.2 Å². The van der Waals surface area contributed by atoms with Gasteiger partial charge >= 0.3 is 0 Å². The third-order valence-corrected chi connectivity index (χ3v) is 3.73. The van der Waals surface area contributed by atoms with E-state index < -0.39 is 0 Å². The fourth-order valence-corrected chi connectivity index (χ4v) is 2.62. The second-order valence-electron chi connectivity index (χ2n) is 5.48. The fourth-order valence-electron chi connectivity index (χ4n) is 2.62. The van der Waals surface area contributed by atoms with Crippen LogP contribution in [-0.4, -0.2) is 12.1 Å². The van der Waals surface area contributed by atoms with Crippen molar-refractivity contribution in [3.63, 3.8) is 0 Å². The maximum Gasteiger partial charge on any atom is 0.145 e. The molecule has 0 spiro atoms. The average Bonchev–Trinajstić information content (AvgIpc) is 2.53. The van der Waals surface area contributed by atoms with E-state index in [0.717, 1.165) is 27.9 Å². The minimum absolute atomic E-state index is 0.420. The molecule has 0 saturated heterocycles. The highest BCUT2D eigenvalue weighted by Gasteiger charge is 2.13. The van der Waals surface area contributed by atoms with Gasteiger partial charge in [-0.15, -0.1) is 0 Å². The van der Waals surface area contributed by atoms with Crippen molar-refractivity contribution >= 4 is 10.9 Å². The summed E-state index contributed by atoms with van der Waals surface area (Å²) in [5, 5.41) is 1.12. The number of fused-ring (bicyclic) bond motifs is 1. The Hall–Kier alpha value is -2.35. The van der Waals surface area contributed by atoms with Crippen LogP contribution in [0.4, 0.5) is 0 Å². The van der Waals surface area contributed by atoms with E-state index in [1.165, 1.54) is 5.56 Å². The van der Waals surface area contributed by atoms with Crippen molar-refractivity contribution in [1.82, 2.24) is 4.98 Å². The molecule has 2 nitrogen and oxygen atoms in total. The lowest BCUT2D eigenvalue weighted by Gasteiger charge is -2.15. The van der Waals surface area contributed by atoms with Crippen LogP contribution in [0, 0.1) is 0 Å². The number of nitrogens with zero attached hydrogens (tertiary/aromatic N) is 1. The fraction of sp³-hybridized carbons (Fsp3) is 0.211. The van der Waals surface area contributed by atoms with Crippen LogP contribution in [0.3, 0.4) is 0 Å². The van der Waals surface area contributed by atoms with Gasteiger partial charge in [-0.25, -0.2) is 4.98 Å². The Bertz CT molecular complexity index is 763. The largest absolute Gasteiger partial charge is 0.494 e. The van der Waals surface area contributed by atoms with Gasteiger partial charge in [-0.2, -0.15) is 0 Å². The van der Waals surface area contributed by atoms with Gasteiger partial charge in [-0.1, -0.05) is 56.3 Å². The van der Waals surface area contributed by atoms with Crippen LogP contribution in [0.15, 0.2) is 54.6 Å². The number of para-hydroxylation sites is 1. The lowest BCUT2D eigenvalue weighted by molar-refractivity contribution is 0.419.